The highest BCUT2D eigenvalue weighted by molar-refractivity contribution is 9.10. The van der Waals surface area contributed by atoms with Gasteiger partial charge in [0.25, 0.3) is 0 Å². The molecule has 2 aromatic rings. The number of aromatic hydroxyl groups is 1. The summed E-state index contributed by atoms with van der Waals surface area (Å²) in [6, 6.07) is 7.99. The van der Waals surface area contributed by atoms with Crippen LogP contribution in [0.3, 0.4) is 0 Å². The van der Waals surface area contributed by atoms with Gasteiger partial charge in [0.2, 0.25) is 0 Å². The van der Waals surface area contributed by atoms with Crippen molar-refractivity contribution in [3.63, 3.8) is 0 Å². The molecular weight excluding hydrogens is 298 g/mol. The van der Waals surface area contributed by atoms with Crippen LogP contribution in [0.15, 0.2) is 34.1 Å². The SMILES string of the molecule is Cc1ccc(NC(C)c2cc(Br)cs2)cc1O. The summed E-state index contributed by atoms with van der Waals surface area (Å²) in [7, 11) is 0. The highest BCUT2D eigenvalue weighted by Crippen LogP contribution is 2.29. The Morgan fingerprint density at radius 3 is 2.71 bits per heavy atom. The van der Waals surface area contributed by atoms with Gasteiger partial charge in [0.15, 0.2) is 0 Å². The van der Waals surface area contributed by atoms with Crippen molar-refractivity contribution >= 4 is 33.0 Å². The quantitative estimate of drug-likeness (QED) is 0.861. The van der Waals surface area contributed by atoms with Crippen LogP contribution in [-0.4, -0.2) is 5.11 Å². The van der Waals surface area contributed by atoms with Crippen molar-refractivity contribution in [2.75, 3.05) is 5.32 Å². The Hall–Kier alpha value is -1.00. The number of rotatable bonds is 3. The fourth-order valence-corrected chi connectivity index (χ4v) is 3.03. The number of phenolic OH excluding ortho intramolecular Hbond substituents is 1. The summed E-state index contributed by atoms with van der Waals surface area (Å²) < 4.78 is 1.11. The number of hydrogen-bond acceptors (Lipinski definition) is 3. The van der Waals surface area contributed by atoms with E-state index in [2.05, 4.69) is 39.6 Å². The van der Waals surface area contributed by atoms with Gasteiger partial charge in [-0.1, -0.05) is 6.07 Å². The Balaban J connectivity index is 2.12. The Bertz CT molecular complexity index is 524. The minimum atomic E-state index is 0.230. The van der Waals surface area contributed by atoms with Crippen LogP contribution < -0.4 is 5.32 Å². The van der Waals surface area contributed by atoms with Crippen molar-refractivity contribution in [1.82, 2.24) is 0 Å². The zero-order valence-electron chi connectivity index (χ0n) is 9.70. The maximum Gasteiger partial charge on any atom is 0.120 e. The number of halogens is 1. The summed E-state index contributed by atoms with van der Waals surface area (Å²) in [5, 5.41) is 15.1. The van der Waals surface area contributed by atoms with Gasteiger partial charge in [0.05, 0.1) is 6.04 Å². The molecule has 0 aliphatic rings. The topological polar surface area (TPSA) is 32.3 Å². The molecule has 0 bridgehead atoms. The van der Waals surface area contributed by atoms with Gasteiger partial charge < -0.3 is 10.4 Å². The van der Waals surface area contributed by atoms with Crippen LogP contribution in [0.5, 0.6) is 5.75 Å². The number of phenols is 1. The molecule has 0 aliphatic carbocycles. The summed E-state index contributed by atoms with van der Waals surface area (Å²) in [6.07, 6.45) is 0. The number of hydrogen-bond donors (Lipinski definition) is 2. The average molecular weight is 312 g/mol. The van der Waals surface area contributed by atoms with E-state index in [9.17, 15) is 5.11 Å². The number of anilines is 1. The molecule has 0 fully saturated rings. The van der Waals surface area contributed by atoms with Gasteiger partial charge in [-0.25, -0.2) is 0 Å². The van der Waals surface area contributed by atoms with E-state index in [-0.39, 0.29) is 6.04 Å². The third kappa shape index (κ3) is 3.01. The molecule has 1 aromatic heterocycles. The van der Waals surface area contributed by atoms with Crippen molar-refractivity contribution in [3.8, 4) is 5.75 Å². The Kier molecular flexibility index (Phi) is 3.74. The molecule has 1 aromatic carbocycles. The van der Waals surface area contributed by atoms with Gasteiger partial charge in [-0.05, 0) is 47.5 Å². The van der Waals surface area contributed by atoms with E-state index in [0.717, 1.165) is 15.7 Å². The van der Waals surface area contributed by atoms with Crippen LogP contribution in [0.25, 0.3) is 0 Å². The van der Waals surface area contributed by atoms with Crippen LogP contribution in [0.2, 0.25) is 0 Å². The largest absolute Gasteiger partial charge is 0.508 e. The molecule has 2 nitrogen and oxygen atoms in total. The Morgan fingerprint density at radius 1 is 1.35 bits per heavy atom. The van der Waals surface area contributed by atoms with Gasteiger partial charge in [-0.2, -0.15) is 0 Å². The predicted molar refractivity (Wildman–Crippen MR) is 76.9 cm³/mol. The summed E-state index contributed by atoms with van der Waals surface area (Å²) in [5.41, 5.74) is 1.83. The molecule has 90 valence electrons. The van der Waals surface area contributed by atoms with E-state index in [1.165, 1.54) is 4.88 Å². The molecule has 0 saturated carbocycles. The van der Waals surface area contributed by atoms with Gasteiger partial charge in [-0.15, -0.1) is 11.3 Å². The molecule has 17 heavy (non-hydrogen) atoms. The standard InChI is InChI=1S/C13H14BrNOS/c1-8-3-4-11(6-12(8)16)15-9(2)13-5-10(14)7-17-13/h3-7,9,15-16H,1-2H3. The third-order valence-corrected chi connectivity index (χ3v) is 4.48. The van der Waals surface area contributed by atoms with Crippen LogP contribution in [0, 0.1) is 6.92 Å². The van der Waals surface area contributed by atoms with Crippen LogP contribution in [0.1, 0.15) is 23.4 Å². The predicted octanol–water partition coefficient (Wildman–Crippen LogP) is 4.70. The van der Waals surface area contributed by atoms with Gasteiger partial charge in [0, 0.05) is 26.5 Å². The molecule has 4 heteroatoms. The summed E-state index contributed by atoms with van der Waals surface area (Å²) in [4.78, 5) is 1.26. The lowest BCUT2D eigenvalue weighted by Crippen LogP contribution is -2.04. The second-order valence-electron chi connectivity index (χ2n) is 4.03. The number of nitrogens with one attached hydrogen (secondary N) is 1. The van der Waals surface area contributed by atoms with Crippen LogP contribution >= 0.6 is 27.3 Å². The van der Waals surface area contributed by atoms with Gasteiger partial charge in [-0.3, -0.25) is 0 Å². The monoisotopic (exact) mass is 311 g/mol. The number of aryl methyl sites for hydroxylation is 1. The molecule has 2 N–H and O–H groups in total. The first-order chi connectivity index (χ1) is 8.06. The zero-order chi connectivity index (χ0) is 12.4. The lowest BCUT2D eigenvalue weighted by atomic mass is 10.2. The minimum absolute atomic E-state index is 0.230. The Labute approximate surface area is 113 Å². The van der Waals surface area contributed by atoms with Crippen molar-refractivity contribution in [2.45, 2.75) is 19.9 Å². The maximum absolute atomic E-state index is 9.64. The van der Waals surface area contributed by atoms with E-state index in [1.807, 2.05) is 19.1 Å². The van der Waals surface area contributed by atoms with Crippen molar-refractivity contribution in [1.29, 1.82) is 0 Å². The fourth-order valence-electron chi connectivity index (χ4n) is 1.58. The summed E-state index contributed by atoms with van der Waals surface area (Å²) in [6.45, 7) is 3.99. The molecule has 2 rings (SSSR count). The summed E-state index contributed by atoms with van der Waals surface area (Å²) >= 11 is 5.16. The molecule has 0 saturated heterocycles. The molecule has 0 radical (unpaired) electrons. The highest BCUT2D eigenvalue weighted by Gasteiger charge is 2.08. The lowest BCUT2D eigenvalue weighted by molar-refractivity contribution is 0.471. The van der Waals surface area contributed by atoms with E-state index >= 15 is 0 Å². The minimum Gasteiger partial charge on any atom is -0.508 e. The van der Waals surface area contributed by atoms with Crippen molar-refractivity contribution in [2.24, 2.45) is 0 Å². The highest BCUT2D eigenvalue weighted by atomic mass is 79.9. The number of benzene rings is 1. The average Bonchev–Trinajstić information content (AvgIpc) is 2.70. The first-order valence-corrected chi connectivity index (χ1v) is 7.03. The molecular formula is C13H14BrNOS. The Morgan fingerprint density at radius 2 is 2.12 bits per heavy atom. The molecule has 1 atom stereocenters. The van der Waals surface area contributed by atoms with Gasteiger partial charge in [0.1, 0.15) is 5.75 Å². The molecule has 0 aliphatic heterocycles. The first-order valence-electron chi connectivity index (χ1n) is 5.36. The van der Waals surface area contributed by atoms with E-state index in [1.54, 1.807) is 17.4 Å². The fraction of sp³-hybridized carbons (Fsp3) is 0.231. The molecule has 1 unspecified atom stereocenters. The number of thiophene rings is 1. The third-order valence-electron chi connectivity index (χ3n) is 2.61. The smallest absolute Gasteiger partial charge is 0.120 e. The van der Waals surface area contributed by atoms with Gasteiger partial charge >= 0.3 is 0 Å². The van der Waals surface area contributed by atoms with E-state index < -0.39 is 0 Å². The lowest BCUT2D eigenvalue weighted by Gasteiger charge is -2.14. The van der Waals surface area contributed by atoms with Crippen molar-refractivity contribution < 1.29 is 5.11 Å². The second kappa shape index (κ2) is 5.10. The molecule has 0 amide bonds. The maximum atomic E-state index is 9.64. The molecule has 0 spiro atoms. The van der Waals surface area contributed by atoms with Crippen molar-refractivity contribution in [3.05, 3.63) is 44.6 Å². The summed E-state index contributed by atoms with van der Waals surface area (Å²) in [5.74, 6) is 0.328. The van der Waals surface area contributed by atoms with Crippen LogP contribution in [-0.2, 0) is 0 Å². The van der Waals surface area contributed by atoms with E-state index in [0.29, 0.717) is 5.75 Å². The zero-order valence-corrected chi connectivity index (χ0v) is 12.1. The molecule has 1 heterocycles. The first kappa shape index (κ1) is 12.5. The normalized spacial score (nSPS) is 12.4. The second-order valence-corrected chi connectivity index (χ2v) is 5.89. The van der Waals surface area contributed by atoms with Crippen LogP contribution in [0.4, 0.5) is 5.69 Å². The van der Waals surface area contributed by atoms with E-state index in [4.69, 9.17) is 0 Å².